The van der Waals surface area contributed by atoms with Gasteiger partial charge in [0.1, 0.15) is 5.75 Å². The van der Waals surface area contributed by atoms with Crippen LogP contribution in [0.3, 0.4) is 0 Å². The predicted molar refractivity (Wildman–Crippen MR) is 74.1 cm³/mol. The van der Waals surface area contributed by atoms with Crippen molar-refractivity contribution < 1.29 is 19.4 Å². The van der Waals surface area contributed by atoms with Gasteiger partial charge < -0.3 is 9.84 Å². The smallest absolute Gasteiger partial charge is 0.337 e. The van der Waals surface area contributed by atoms with Crippen LogP contribution in [-0.4, -0.2) is 24.0 Å². The van der Waals surface area contributed by atoms with Crippen LogP contribution in [0.4, 0.5) is 0 Å². The van der Waals surface area contributed by atoms with E-state index in [0.29, 0.717) is 22.3 Å². The van der Waals surface area contributed by atoms with Crippen LogP contribution in [0.25, 0.3) is 0 Å². The van der Waals surface area contributed by atoms with E-state index >= 15 is 0 Å². The summed E-state index contributed by atoms with van der Waals surface area (Å²) < 4.78 is 4.63. The van der Waals surface area contributed by atoms with Crippen LogP contribution >= 0.6 is 0 Å². The first-order valence-corrected chi connectivity index (χ1v) is 6.05. The molecule has 0 unspecified atom stereocenters. The molecular formula is C16H14O4. The van der Waals surface area contributed by atoms with Gasteiger partial charge in [0.25, 0.3) is 0 Å². The summed E-state index contributed by atoms with van der Waals surface area (Å²) in [5.74, 6) is -0.551. The molecule has 0 spiro atoms. The molecule has 102 valence electrons. The predicted octanol–water partition coefficient (Wildman–Crippen LogP) is 2.72. The molecule has 0 aliphatic heterocycles. The number of hydrogen-bond donors (Lipinski definition) is 1. The van der Waals surface area contributed by atoms with E-state index in [4.69, 9.17) is 0 Å². The Morgan fingerprint density at radius 3 is 2.30 bits per heavy atom. The Balaban J connectivity index is 2.38. The molecule has 4 heteroatoms. The summed E-state index contributed by atoms with van der Waals surface area (Å²) >= 11 is 0. The number of esters is 1. The number of phenols is 1. The Hall–Kier alpha value is -2.62. The standard InChI is InChI=1S/C16H14O4/c1-10-8-12(6-7-14(10)17)15(18)11-4-3-5-13(9-11)16(19)20-2/h3-9,17H,1-2H3. The lowest BCUT2D eigenvalue weighted by Crippen LogP contribution is -2.06. The van der Waals surface area contributed by atoms with Crippen molar-refractivity contribution in [3.05, 3.63) is 64.7 Å². The molecule has 0 amide bonds. The van der Waals surface area contributed by atoms with Crippen molar-refractivity contribution in [3.63, 3.8) is 0 Å². The zero-order valence-corrected chi connectivity index (χ0v) is 11.2. The minimum Gasteiger partial charge on any atom is -0.508 e. The number of carbonyl (C=O) groups excluding carboxylic acids is 2. The molecule has 1 N–H and O–H groups in total. The first kappa shape index (κ1) is 13.8. The molecule has 20 heavy (non-hydrogen) atoms. The second-order valence-corrected chi connectivity index (χ2v) is 4.40. The highest BCUT2D eigenvalue weighted by Gasteiger charge is 2.13. The first-order valence-electron chi connectivity index (χ1n) is 6.05. The second-order valence-electron chi connectivity index (χ2n) is 4.40. The fraction of sp³-hybridized carbons (Fsp3) is 0.125. The Labute approximate surface area is 116 Å². The average molecular weight is 270 g/mol. The van der Waals surface area contributed by atoms with Gasteiger partial charge >= 0.3 is 5.97 Å². The number of phenolic OH excluding ortho intramolecular Hbond substituents is 1. The SMILES string of the molecule is COC(=O)c1cccc(C(=O)c2ccc(O)c(C)c2)c1. The Bertz CT molecular complexity index is 674. The second kappa shape index (κ2) is 5.57. The number of rotatable bonds is 3. The van der Waals surface area contributed by atoms with E-state index in [1.54, 1.807) is 37.3 Å². The molecule has 2 aromatic carbocycles. The highest BCUT2D eigenvalue weighted by Crippen LogP contribution is 2.19. The van der Waals surface area contributed by atoms with Crippen LogP contribution in [0.15, 0.2) is 42.5 Å². The van der Waals surface area contributed by atoms with E-state index in [2.05, 4.69) is 4.74 Å². The van der Waals surface area contributed by atoms with Crippen LogP contribution in [0.2, 0.25) is 0 Å². The quantitative estimate of drug-likeness (QED) is 0.688. The van der Waals surface area contributed by atoms with Crippen LogP contribution in [-0.2, 0) is 4.74 Å². The van der Waals surface area contributed by atoms with Crippen LogP contribution in [0, 0.1) is 6.92 Å². The molecule has 2 rings (SSSR count). The molecule has 0 aliphatic carbocycles. The summed E-state index contributed by atoms with van der Waals surface area (Å²) in [5.41, 5.74) is 1.81. The van der Waals surface area contributed by atoms with Crippen LogP contribution in [0.1, 0.15) is 31.8 Å². The van der Waals surface area contributed by atoms with Gasteiger partial charge in [-0.3, -0.25) is 4.79 Å². The van der Waals surface area contributed by atoms with Gasteiger partial charge in [-0.15, -0.1) is 0 Å². The molecule has 0 bridgehead atoms. The van der Waals surface area contributed by atoms with Gasteiger partial charge in [0.05, 0.1) is 12.7 Å². The maximum Gasteiger partial charge on any atom is 0.337 e. The maximum absolute atomic E-state index is 12.3. The Kier molecular flexibility index (Phi) is 3.84. The molecule has 0 saturated heterocycles. The lowest BCUT2D eigenvalue weighted by Gasteiger charge is -2.05. The third-order valence-corrected chi connectivity index (χ3v) is 3.00. The lowest BCUT2D eigenvalue weighted by molar-refractivity contribution is 0.0600. The van der Waals surface area contributed by atoms with Gasteiger partial charge in [0.15, 0.2) is 5.78 Å². The summed E-state index contributed by atoms with van der Waals surface area (Å²) in [6.07, 6.45) is 0. The van der Waals surface area contributed by atoms with Crippen molar-refractivity contribution in [2.24, 2.45) is 0 Å². The molecule has 0 saturated carbocycles. The van der Waals surface area contributed by atoms with Crippen molar-refractivity contribution in [2.75, 3.05) is 7.11 Å². The van der Waals surface area contributed by atoms with E-state index in [1.165, 1.54) is 19.2 Å². The van der Waals surface area contributed by atoms with Crippen LogP contribution in [0.5, 0.6) is 5.75 Å². The zero-order valence-electron chi connectivity index (χ0n) is 11.2. The van der Waals surface area contributed by atoms with E-state index in [1.807, 2.05) is 0 Å². The number of ketones is 1. The fourth-order valence-electron chi connectivity index (χ4n) is 1.87. The molecule has 0 heterocycles. The van der Waals surface area contributed by atoms with Gasteiger partial charge in [-0.1, -0.05) is 12.1 Å². The summed E-state index contributed by atoms with van der Waals surface area (Å²) in [7, 11) is 1.29. The van der Waals surface area contributed by atoms with Gasteiger partial charge in [-0.25, -0.2) is 4.79 Å². The van der Waals surface area contributed by atoms with Crippen molar-refractivity contribution >= 4 is 11.8 Å². The van der Waals surface area contributed by atoms with Gasteiger partial charge in [-0.2, -0.15) is 0 Å². The monoisotopic (exact) mass is 270 g/mol. The third kappa shape index (κ3) is 2.69. The molecule has 0 fully saturated rings. The van der Waals surface area contributed by atoms with E-state index < -0.39 is 5.97 Å². The normalized spacial score (nSPS) is 10.1. The summed E-state index contributed by atoms with van der Waals surface area (Å²) in [5, 5.41) is 9.47. The molecule has 2 aromatic rings. The maximum atomic E-state index is 12.3. The van der Waals surface area contributed by atoms with Crippen molar-refractivity contribution in [1.82, 2.24) is 0 Å². The average Bonchev–Trinajstić information content (AvgIpc) is 2.48. The molecule has 0 atom stereocenters. The number of aromatic hydroxyl groups is 1. The number of aryl methyl sites for hydroxylation is 1. The minimum atomic E-state index is -0.485. The molecule has 4 nitrogen and oxygen atoms in total. The number of benzene rings is 2. The number of hydrogen-bond acceptors (Lipinski definition) is 4. The summed E-state index contributed by atoms with van der Waals surface area (Å²) in [6, 6.07) is 11.0. The van der Waals surface area contributed by atoms with Crippen molar-refractivity contribution in [1.29, 1.82) is 0 Å². The van der Waals surface area contributed by atoms with E-state index in [-0.39, 0.29) is 11.5 Å². The third-order valence-electron chi connectivity index (χ3n) is 3.00. The summed E-state index contributed by atoms with van der Waals surface area (Å²) in [4.78, 5) is 23.8. The number of carbonyl (C=O) groups is 2. The minimum absolute atomic E-state index is 0.143. The van der Waals surface area contributed by atoms with E-state index in [9.17, 15) is 14.7 Å². The highest BCUT2D eigenvalue weighted by atomic mass is 16.5. The lowest BCUT2D eigenvalue weighted by atomic mass is 10.00. The van der Waals surface area contributed by atoms with E-state index in [0.717, 1.165) is 0 Å². The zero-order chi connectivity index (χ0) is 14.7. The highest BCUT2D eigenvalue weighted by molar-refractivity contribution is 6.10. The molecular weight excluding hydrogens is 256 g/mol. The van der Waals surface area contributed by atoms with Crippen molar-refractivity contribution in [2.45, 2.75) is 6.92 Å². The molecule has 0 aliphatic rings. The topological polar surface area (TPSA) is 63.6 Å². The Morgan fingerprint density at radius 1 is 1.00 bits per heavy atom. The van der Waals surface area contributed by atoms with Crippen molar-refractivity contribution in [3.8, 4) is 5.75 Å². The fourth-order valence-corrected chi connectivity index (χ4v) is 1.87. The first-order chi connectivity index (χ1) is 9.52. The number of ether oxygens (including phenoxy) is 1. The molecule has 0 radical (unpaired) electrons. The molecule has 0 aromatic heterocycles. The van der Waals surface area contributed by atoms with Gasteiger partial charge in [-0.05, 0) is 42.8 Å². The van der Waals surface area contributed by atoms with Gasteiger partial charge in [0.2, 0.25) is 0 Å². The van der Waals surface area contributed by atoms with Gasteiger partial charge in [0, 0.05) is 11.1 Å². The summed E-state index contributed by atoms with van der Waals surface area (Å²) in [6.45, 7) is 1.72. The number of methoxy groups -OCH3 is 1. The Morgan fingerprint density at radius 2 is 1.65 bits per heavy atom. The largest absolute Gasteiger partial charge is 0.508 e. The van der Waals surface area contributed by atoms with Crippen LogP contribution < -0.4 is 0 Å².